The largest absolute Gasteiger partial charge is 0.378 e. The number of nitriles is 1. The minimum atomic E-state index is -0.321. The molecule has 2 heterocycles. The average Bonchev–Trinajstić information content (AvgIpc) is 2.80. The first kappa shape index (κ1) is 11.2. The summed E-state index contributed by atoms with van der Waals surface area (Å²) in [7, 11) is 0. The highest BCUT2D eigenvalue weighted by molar-refractivity contribution is 5.74. The molecule has 0 amide bonds. The van der Waals surface area contributed by atoms with Crippen molar-refractivity contribution >= 4 is 11.0 Å². The van der Waals surface area contributed by atoms with Gasteiger partial charge in [-0.3, -0.25) is 0 Å². The van der Waals surface area contributed by atoms with Gasteiger partial charge >= 0.3 is 0 Å². The van der Waals surface area contributed by atoms with Crippen LogP contribution < -0.4 is 5.32 Å². The minimum absolute atomic E-state index is 0.321. The number of imidazole rings is 1. The van der Waals surface area contributed by atoms with Gasteiger partial charge in [0, 0.05) is 13.1 Å². The topological polar surface area (TPSA) is 73.7 Å². The Balaban J connectivity index is 1.61. The van der Waals surface area contributed by atoms with Gasteiger partial charge in [0.1, 0.15) is 5.41 Å². The zero-order valence-electron chi connectivity index (χ0n) is 9.94. The number of hydrogen-bond donors (Lipinski definition) is 2. The maximum Gasteiger partial charge on any atom is 0.116 e. The van der Waals surface area contributed by atoms with Gasteiger partial charge in [-0.2, -0.15) is 5.26 Å². The van der Waals surface area contributed by atoms with E-state index >= 15 is 0 Å². The number of benzene rings is 1. The van der Waals surface area contributed by atoms with Crippen LogP contribution in [-0.2, 0) is 11.3 Å². The van der Waals surface area contributed by atoms with Crippen molar-refractivity contribution in [3.05, 3.63) is 30.1 Å². The van der Waals surface area contributed by atoms with Crippen LogP contribution >= 0.6 is 0 Å². The van der Waals surface area contributed by atoms with E-state index in [4.69, 9.17) is 10.00 Å². The fraction of sp³-hybridized carbons (Fsp3) is 0.385. The highest BCUT2D eigenvalue weighted by Crippen LogP contribution is 2.25. The molecule has 1 aromatic carbocycles. The van der Waals surface area contributed by atoms with Crippen molar-refractivity contribution < 1.29 is 4.74 Å². The SMILES string of the molecule is N#CC1(CNCc2ccc3nc[nH]c3c2)COC1. The Bertz CT molecular complexity index is 594. The van der Waals surface area contributed by atoms with Crippen molar-refractivity contribution in [2.24, 2.45) is 5.41 Å². The van der Waals surface area contributed by atoms with Crippen molar-refractivity contribution in [1.82, 2.24) is 15.3 Å². The van der Waals surface area contributed by atoms with Crippen LogP contribution in [0.4, 0.5) is 0 Å². The number of ether oxygens (including phenoxy) is 1. The Hall–Kier alpha value is -1.90. The molecule has 5 heteroatoms. The monoisotopic (exact) mass is 242 g/mol. The van der Waals surface area contributed by atoms with E-state index in [2.05, 4.69) is 27.4 Å². The molecule has 3 rings (SSSR count). The van der Waals surface area contributed by atoms with Crippen molar-refractivity contribution in [2.75, 3.05) is 19.8 Å². The summed E-state index contributed by atoms with van der Waals surface area (Å²) in [5.74, 6) is 0. The first-order chi connectivity index (χ1) is 8.81. The van der Waals surface area contributed by atoms with E-state index in [9.17, 15) is 0 Å². The lowest BCUT2D eigenvalue weighted by Crippen LogP contribution is -2.48. The summed E-state index contributed by atoms with van der Waals surface area (Å²) in [5.41, 5.74) is 2.87. The molecule has 1 aliphatic rings. The minimum Gasteiger partial charge on any atom is -0.378 e. The summed E-state index contributed by atoms with van der Waals surface area (Å²) in [6.07, 6.45) is 1.69. The number of rotatable bonds is 4. The van der Waals surface area contributed by atoms with Gasteiger partial charge in [-0.15, -0.1) is 0 Å². The van der Waals surface area contributed by atoms with Gasteiger partial charge in [0.25, 0.3) is 0 Å². The summed E-state index contributed by atoms with van der Waals surface area (Å²) in [5, 5.41) is 12.4. The molecule has 0 atom stereocenters. The lowest BCUT2D eigenvalue weighted by molar-refractivity contribution is -0.0755. The van der Waals surface area contributed by atoms with Crippen molar-refractivity contribution in [2.45, 2.75) is 6.54 Å². The first-order valence-electron chi connectivity index (χ1n) is 5.93. The standard InChI is InChI=1S/C13H14N4O/c14-5-13(7-18-8-13)6-15-4-10-1-2-11-12(3-10)17-9-16-11/h1-3,9,15H,4,6-8H2,(H,16,17). The molecular weight excluding hydrogens is 228 g/mol. The third-order valence-corrected chi connectivity index (χ3v) is 3.27. The molecule has 0 unspecified atom stereocenters. The molecule has 0 saturated carbocycles. The molecule has 92 valence electrons. The van der Waals surface area contributed by atoms with E-state index in [-0.39, 0.29) is 5.41 Å². The van der Waals surface area contributed by atoms with E-state index in [0.717, 1.165) is 17.6 Å². The Morgan fingerprint density at radius 3 is 3.11 bits per heavy atom. The zero-order chi connectivity index (χ0) is 12.4. The second-order valence-electron chi connectivity index (χ2n) is 4.74. The van der Waals surface area contributed by atoms with Gasteiger partial charge in [-0.1, -0.05) is 6.07 Å². The van der Waals surface area contributed by atoms with Crippen molar-refractivity contribution in [3.8, 4) is 6.07 Å². The van der Waals surface area contributed by atoms with E-state index in [0.29, 0.717) is 19.8 Å². The smallest absolute Gasteiger partial charge is 0.116 e. The first-order valence-corrected chi connectivity index (χ1v) is 5.93. The van der Waals surface area contributed by atoms with Gasteiger partial charge in [0.15, 0.2) is 0 Å². The fourth-order valence-electron chi connectivity index (χ4n) is 2.09. The molecule has 0 bridgehead atoms. The van der Waals surface area contributed by atoms with Crippen LogP contribution in [0.3, 0.4) is 0 Å². The van der Waals surface area contributed by atoms with Crippen LogP contribution in [0.5, 0.6) is 0 Å². The Morgan fingerprint density at radius 2 is 2.39 bits per heavy atom. The van der Waals surface area contributed by atoms with Crippen LogP contribution in [-0.4, -0.2) is 29.7 Å². The van der Waals surface area contributed by atoms with Crippen molar-refractivity contribution in [3.63, 3.8) is 0 Å². The van der Waals surface area contributed by atoms with Crippen molar-refractivity contribution in [1.29, 1.82) is 5.26 Å². The molecule has 2 N–H and O–H groups in total. The normalized spacial score (nSPS) is 17.3. The van der Waals surface area contributed by atoms with Crippen LogP contribution in [0, 0.1) is 16.7 Å². The van der Waals surface area contributed by atoms with Crippen LogP contribution in [0.15, 0.2) is 24.5 Å². The quantitative estimate of drug-likeness (QED) is 0.844. The third-order valence-electron chi connectivity index (χ3n) is 3.27. The molecule has 2 aromatic rings. The molecule has 1 aliphatic heterocycles. The van der Waals surface area contributed by atoms with E-state index in [1.165, 1.54) is 5.56 Å². The van der Waals surface area contributed by atoms with E-state index in [1.807, 2.05) is 12.1 Å². The molecule has 0 aliphatic carbocycles. The predicted octanol–water partition coefficient (Wildman–Crippen LogP) is 1.19. The second-order valence-corrected chi connectivity index (χ2v) is 4.74. The summed E-state index contributed by atoms with van der Waals surface area (Å²) < 4.78 is 5.10. The fourth-order valence-corrected chi connectivity index (χ4v) is 2.09. The number of hydrogen-bond acceptors (Lipinski definition) is 4. The molecule has 1 saturated heterocycles. The van der Waals surface area contributed by atoms with E-state index < -0.39 is 0 Å². The second kappa shape index (κ2) is 4.41. The number of aromatic nitrogens is 2. The van der Waals surface area contributed by atoms with Gasteiger partial charge in [-0.25, -0.2) is 4.98 Å². The summed E-state index contributed by atoms with van der Waals surface area (Å²) in [6.45, 7) is 2.50. The van der Waals surface area contributed by atoms with Gasteiger partial charge in [-0.05, 0) is 17.7 Å². The average molecular weight is 242 g/mol. The lowest BCUT2D eigenvalue weighted by Gasteiger charge is -2.35. The number of fused-ring (bicyclic) bond motifs is 1. The number of nitrogens with zero attached hydrogens (tertiary/aromatic N) is 2. The molecule has 5 nitrogen and oxygen atoms in total. The highest BCUT2D eigenvalue weighted by Gasteiger charge is 2.38. The number of aromatic amines is 1. The number of H-pyrrole nitrogens is 1. The molecular formula is C13H14N4O. The maximum atomic E-state index is 9.06. The van der Waals surface area contributed by atoms with Gasteiger partial charge < -0.3 is 15.0 Å². The maximum absolute atomic E-state index is 9.06. The molecule has 1 aromatic heterocycles. The van der Waals surface area contributed by atoms with Crippen LogP contribution in [0.25, 0.3) is 11.0 Å². The van der Waals surface area contributed by atoms with Crippen LogP contribution in [0.1, 0.15) is 5.56 Å². The van der Waals surface area contributed by atoms with Gasteiger partial charge in [0.05, 0.1) is 36.6 Å². The summed E-state index contributed by atoms with van der Waals surface area (Å²) in [6, 6.07) is 8.44. The Kier molecular flexibility index (Phi) is 2.74. The van der Waals surface area contributed by atoms with Crippen LogP contribution in [0.2, 0.25) is 0 Å². The Labute approximate surface area is 105 Å². The number of nitrogens with one attached hydrogen (secondary N) is 2. The van der Waals surface area contributed by atoms with Gasteiger partial charge in [0.2, 0.25) is 0 Å². The molecule has 0 radical (unpaired) electrons. The Morgan fingerprint density at radius 1 is 1.50 bits per heavy atom. The summed E-state index contributed by atoms with van der Waals surface area (Å²) in [4.78, 5) is 7.27. The molecule has 1 fully saturated rings. The zero-order valence-corrected chi connectivity index (χ0v) is 9.94. The molecule has 0 spiro atoms. The summed E-state index contributed by atoms with van der Waals surface area (Å²) >= 11 is 0. The third kappa shape index (κ3) is 1.96. The molecule has 18 heavy (non-hydrogen) atoms. The van der Waals surface area contributed by atoms with E-state index in [1.54, 1.807) is 6.33 Å². The lowest BCUT2D eigenvalue weighted by atomic mass is 9.88. The predicted molar refractivity (Wildman–Crippen MR) is 66.7 cm³/mol. The highest BCUT2D eigenvalue weighted by atomic mass is 16.5.